The van der Waals surface area contributed by atoms with E-state index in [-0.39, 0.29) is 11.3 Å². The molecule has 1 aromatic carbocycles. The van der Waals surface area contributed by atoms with Crippen LogP contribution in [0.3, 0.4) is 0 Å². The molecule has 110 valence electrons. The fraction of sp³-hybridized carbons (Fsp3) is 0.176. The fourth-order valence-corrected chi connectivity index (χ4v) is 2.17. The molecule has 0 aliphatic heterocycles. The van der Waals surface area contributed by atoms with Gasteiger partial charge in [-0.15, -0.1) is 0 Å². The maximum Gasteiger partial charge on any atom is 0.250 e. The molecule has 0 bridgehead atoms. The number of primary amides is 1. The van der Waals surface area contributed by atoms with Gasteiger partial charge in [0.25, 0.3) is 0 Å². The average molecular weight is 283 g/mol. The molecule has 4 N–H and O–H groups in total. The molecular formula is C17H21N3O. The average Bonchev–Trinajstić information content (AvgIpc) is 2.46. The highest BCUT2D eigenvalue weighted by atomic mass is 16.1. The van der Waals surface area contributed by atoms with Crippen molar-refractivity contribution in [3.8, 4) is 0 Å². The van der Waals surface area contributed by atoms with Gasteiger partial charge in [0.05, 0.1) is 11.3 Å². The quantitative estimate of drug-likeness (QED) is 0.494. The zero-order valence-corrected chi connectivity index (χ0v) is 12.7. The molecule has 0 aromatic heterocycles. The zero-order valence-electron chi connectivity index (χ0n) is 12.7. The Hall–Kier alpha value is -2.62. The highest BCUT2D eigenvalue weighted by Gasteiger charge is 2.15. The lowest BCUT2D eigenvalue weighted by Crippen LogP contribution is -2.19. The summed E-state index contributed by atoms with van der Waals surface area (Å²) in [5.41, 5.74) is 16.0. The van der Waals surface area contributed by atoms with Crippen LogP contribution in [0.2, 0.25) is 0 Å². The highest BCUT2D eigenvalue weighted by molar-refractivity contribution is 5.99. The van der Waals surface area contributed by atoms with Gasteiger partial charge in [0.2, 0.25) is 5.91 Å². The first kappa shape index (κ1) is 16.4. The summed E-state index contributed by atoms with van der Waals surface area (Å²) in [4.78, 5) is 15.6. The summed E-state index contributed by atoms with van der Waals surface area (Å²) in [6, 6.07) is 3.87. The van der Waals surface area contributed by atoms with Crippen LogP contribution in [0.15, 0.2) is 41.6 Å². The second kappa shape index (κ2) is 6.70. The number of rotatable bonds is 5. The van der Waals surface area contributed by atoms with Crippen molar-refractivity contribution in [1.29, 1.82) is 0 Å². The molecule has 0 fully saturated rings. The van der Waals surface area contributed by atoms with Gasteiger partial charge in [0, 0.05) is 17.5 Å². The maximum absolute atomic E-state index is 11.3. The number of carbonyl (C=O) groups excluding carboxylic acids is 1. The molecule has 0 heterocycles. The summed E-state index contributed by atoms with van der Waals surface area (Å²) in [5.74, 6) is -0.632. The van der Waals surface area contributed by atoms with Gasteiger partial charge < -0.3 is 11.5 Å². The Balaban J connectivity index is 3.66. The van der Waals surface area contributed by atoms with Crippen LogP contribution in [-0.4, -0.2) is 12.1 Å². The van der Waals surface area contributed by atoms with Crippen molar-refractivity contribution in [3.63, 3.8) is 0 Å². The second-order valence-corrected chi connectivity index (χ2v) is 4.66. The molecule has 0 aliphatic rings. The molecular weight excluding hydrogens is 262 g/mol. The molecule has 0 saturated heterocycles. The predicted octanol–water partition coefficient (Wildman–Crippen LogP) is 3.09. The Morgan fingerprint density at radius 1 is 1.33 bits per heavy atom. The van der Waals surface area contributed by atoms with E-state index in [4.69, 9.17) is 11.5 Å². The predicted molar refractivity (Wildman–Crippen MR) is 90.2 cm³/mol. The van der Waals surface area contributed by atoms with Gasteiger partial charge in [-0.2, -0.15) is 0 Å². The number of hydrogen-bond acceptors (Lipinski definition) is 3. The molecule has 0 aliphatic carbocycles. The maximum atomic E-state index is 11.3. The van der Waals surface area contributed by atoms with Crippen LogP contribution in [0.1, 0.15) is 30.5 Å². The number of amides is 1. The van der Waals surface area contributed by atoms with Crippen molar-refractivity contribution in [2.24, 2.45) is 16.5 Å². The number of carbonyl (C=O) groups is 1. The number of benzene rings is 1. The van der Waals surface area contributed by atoms with Gasteiger partial charge in [0.15, 0.2) is 0 Å². The number of aryl methyl sites for hydroxylation is 1. The molecule has 0 atom stereocenters. The first-order valence-electron chi connectivity index (χ1n) is 6.55. The van der Waals surface area contributed by atoms with Crippen molar-refractivity contribution in [1.82, 2.24) is 0 Å². The molecule has 0 radical (unpaired) electrons. The normalized spacial score (nSPS) is 12.1. The monoisotopic (exact) mass is 283 g/mol. The van der Waals surface area contributed by atoms with Gasteiger partial charge in [-0.05, 0) is 43.5 Å². The lowest BCUT2D eigenvalue weighted by molar-refractivity contribution is -0.114. The molecule has 0 saturated carbocycles. The van der Waals surface area contributed by atoms with Crippen molar-refractivity contribution < 1.29 is 4.79 Å². The molecule has 1 rings (SSSR count). The minimum absolute atomic E-state index is 0.103. The molecule has 4 heteroatoms. The summed E-state index contributed by atoms with van der Waals surface area (Å²) in [6.45, 7) is 13.1. The van der Waals surface area contributed by atoms with E-state index in [1.54, 1.807) is 12.3 Å². The minimum Gasteiger partial charge on any atom is -0.398 e. The third kappa shape index (κ3) is 3.28. The molecule has 4 nitrogen and oxygen atoms in total. The third-order valence-electron chi connectivity index (χ3n) is 3.30. The van der Waals surface area contributed by atoms with Crippen LogP contribution in [0.5, 0.6) is 0 Å². The van der Waals surface area contributed by atoms with E-state index >= 15 is 0 Å². The molecule has 1 aromatic rings. The van der Waals surface area contributed by atoms with Crippen molar-refractivity contribution in [3.05, 3.63) is 53.3 Å². The summed E-state index contributed by atoms with van der Waals surface area (Å²) in [5, 5.41) is 0. The summed E-state index contributed by atoms with van der Waals surface area (Å²) >= 11 is 0. The molecule has 21 heavy (non-hydrogen) atoms. The van der Waals surface area contributed by atoms with Crippen LogP contribution in [0, 0.1) is 6.92 Å². The Kier molecular flexibility index (Phi) is 5.24. The first-order valence-corrected chi connectivity index (χ1v) is 6.55. The van der Waals surface area contributed by atoms with Crippen LogP contribution in [0.4, 0.5) is 5.69 Å². The van der Waals surface area contributed by atoms with Crippen LogP contribution >= 0.6 is 0 Å². The van der Waals surface area contributed by atoms with Crippen LogP contribution < -0.4 is 11.5 Å². The number of hydrogen-bond donors (Lipinski definition) is 2. The highest BCUT2D eigenvalue weighted by Crippen LogP contribution is 2.33. The van der Waals surface area contributed by atoms with Gasteiger partial charge in [-0.3, -0.25) is 9.79 Å². The van der Waals surface area contributed by atoms with E-state index in [1.807, 2.05) is 32.9 Å². The number of aliphatic imine (C=N–C) groups is 1. The lowest BCUT2D eigenvalue weighted by Gasteiger charge is -2.16. The molecule has 0 unspecified atom stereocenters. The van der Waals surface area contributed by atoms with E-state index in [0.29, 0.717) is 0 Å². The van der Waals surface area contributed by atoms with E-state index in [1.165, 1.54) is 0 Å². The standard InChI is InChI=1S/C17H21N3O/c1-6-13-14(20-7-2)9-8-10(3)15(13)11(4)16(18)12(5)17(19)21/h6-9H,1,5,18H2,2-4H3,(H2,19,21)/b16-11-,20-7?. The molecule has 0 spiro atoms. The fourth-order valence-electron chi connectivity index (χ4n) is 2.17. The Morgan fingerprint density at radius 2 is 1.95 bits per heavy atom. The van der Waals surface area contributed by atoms with Crippen LogP contribution in [0.25, 0.3) is 11.6 Å². The minimum atomic E-state index is -0.632. The topological polar surface area (TPSA) is 81.5 Å². The van der Waals surface area contributed by atoms with Gasteiger partial charge >= 0.3 is 0 Å². The largest absolute Gasteiger partial charge is 0.398 e. The smallest absolute Gasteiger partial charge is 0.250 e. The van der Waals surface area contributed by atoms with Gasteiger partial charge in [-0.1, -0.05) is 25.3 Å². The van der Waals surface area contributed by atoms with Crippen molar-refractivity contribution >= 4 is 29.5 Å². The lowest BCUT2D eigenvalue weighted by atomic mass is 9.92. The third-order valence-corrected chi connectivity index (χ3v) is 3.30. The van der Waals surface area contributed by atoms with Crippen molar-refractivity contribution in [2.75, 3.05) is 0 Å². The summed E-state index contributed by atoms with van der Waals surface area (Å²) in [6.07, 6.45) is 3.45. The number of nitrogens with zero attached hydrogens (tertiary/aromatic N) is 1. The number of nitrogens with two attached hydrogens (primary N) is 2. The second-order valence-electron chi connectivity index (χ2n) is 4.66. The Bertz CT molecular complexity index is 667. The Labute approximate surface area is 125 Å². The van der Waals surface area contributed by atoms with Crippen molar-refractivity contribution in [2.45, 2.75) is 20.8 Å². The summed E-state index contributed by atoms with van der Waals surface area (Å²) in [7, 11) is 0. The van der Waals surface area contributed by atoms with Gasteiger partial charge in [0.1, 0.15) is 0 Å². The van der Waals surface area contributed by atoms with E-state index in [2.05, 4.69) is 18.2 Å². The first-order chi connectivity index (χ1) is 9.84. The van der Waals surface area contributed by atoms with E-state index < -0.39 is 5.91 Å². The van der Waals surface area contributed by atoms with Gasteiger partial charge in [-0.25, -0.2) is 0 Å². The Morgan fingerprint density at radius 3 is 2.43 bits per heavy atom. The SMILES string of the molecule is C=Cc1c(N=CC)ccc(C)c1/C(C)=C(\N)C(=C)C(N)=O. The van der Waals surface area contributed by atoms with E-state index in [0.717, 1.165) is 28.0 Å². The van der Waals surface area contributed by atoms with Crippen LogP contribution in [-0.2, 0) is 4.79 Å². The summed E-state index contributed by atoms with van der Waals surface area (Å²) < 4.78 is 0. The molecule has 1 amide bonds. The number of allylic oxidation sites excluding steroid dienone is 1. The zero-order chi connectivity index (χ0) is 16.2. The van der Waals surface area contributed by atoms with E-state index in [9.17, 15) is 4.79 Å².